The molecule has 1 fully saturated rings. The third kappa shape index (κ3) is 3.29. The van der Waals surface area contributed by atoms with Crippen LogP contribution >= 0.6 is 27.5 Å². The number of pyridine rings is 1. The summed E-state index contributed by atoms with van der Waals surface area (Å²) < 4.78 is 27.4. The van der Waals surface area contributed by atoms with Crippen molar-refractivity contribution < 1.29 is 8.42 Å². The molecule has 2 atom stereocenters. The van der Waals surface area contributed by atoms with Gasteiger partial charge in [0.1, 0.15) is 10.0 Å². The van der Waals surface area contributed by atoms with Crippen LogP contribution in [0, 0.1) is 11.8 Å². The lowest BCUT2D eigenvalue weighted by molar-refractivity contribution is 0.222. The van der Waals surface area contributed by atoms with Gasteiger partial charge in [0.25, 0.3) is 0 Å². The highest BCUT2D eigenvalue weighted by Crippen LogP contribution is 2.30. The Morgan fingerprint density at radius 1 is 1.37 bits per heavy atom. The second kappa shape index (κ2) is 5.68. The molecule has 0 amide bonds. The molecule has 0 N–H and O–H groups in total. The number of piperidine rings is 1. The molecule has 0 saturated carbocycles. The van der Waals surface area contributed by atoms with E-state index in [9.17, 15) is 8.42 Å². The minimum Gasteiger partial charge on any atom is -0.242 e. The van der Waals surface area contributed by atoms with E-state index in [0.717, 1.165) is 6.42 Å². The molecule has 1 saturated heterocycles. The first kappa shape index (κ1) is 15.2. The smallest absolute Gasteiger partial charge is 0.242 e. The first-order valence-corrected chi connectivity index (χ1v) is 8.73. The van der Waals surface area contributed by atoms with Gasteiger partial charge < -0.3 is 0 Å². The lowest BCUT2D eigenvalue weighted by Gasteiger charge is -2.34. The zero-order valence-corrected chi connectivity index (χ0v) is 14.0. The molecular formula is C12H16BrClN2O2S. The molecule has 1 aromatic rings. The Hall–Kier alpha value is -0.170. The molecule has 1 aliphatic heterocycles. The number of hydrogen-bond donors (Lipinski definition) is 0. The van der Waals surface area contributed by atoms with Crippen LogP contribution in [0.1, 0.15) is 20.3 Å². The molecule has 0 radical (unpaired) electrons. The first-order valence-electron chi connectivity index (χ1n) is 6.12. The zero-order valence-electron chi connectivity index (χ0n) is 10.8. The van der Waals surface area contributed by atoms with Crippen molar-refractivity contribution in [3.8, 4) is 0 Å². The summed E-state index contributed by atoms with van der Waals surface area (Å²) in [7, 11) is -3.57. The Morgan fingerprint density at radius 3 is 2.53 bits per heavy atom. The van der Waals surface area contributed by atoms with Crippen LogP contribution < -0.4 is 0 Å². The molecule has 0 aromatic carbocycles. The molecule has 0 aliphatic carbocycles. The van der Waals surface area contributed by atoms with Gasteiger partial charge in [0.05, 0.1) is 0 Å². The van der Waals surface area contributed by atoms with E-state index < -0.39 is 10.0 Å². The summed E-state index contributed by atoms with van der Waals surface area (Å²) >= 11 is 9.17. The number of nitrogens with zero attached hydrogens (tertiary/aromatic N) is 2. The maximum absolute atomic E-state index is 12.6. The van der Waals surface area contributed by atoms with Crippen LogP contribution in [0.25, 0.3) is 0 Å². The number of aromatic nitrogens is 1. The number of rotatable bonds is 2. The van der Waals surface area contributed by atoms with Crippen LogP contribution in [0.15, 0.2) is 21.6 Å². The van der Waals surface area contributed by atoms with Crippen molar-refractivity contribution in [2.45, 2.75) is 25.2 Å². The van der Waals surface area contributed by atoms with Gasteiger partial charge in [0.2, 0.25) is 10.0 Å². The second-order valence-corrected chi connectivity index (χ2v) is 8.39. The molecule has 106 valence electrons. The van der Waals surface area contributed by atoms with E-state index in [0.29, 0.717) is 29.4 Å². The fourth-order valence-electron chi connectivity index (χ4n) is 2.53. The van der Waals surface area contributed by atoms with Crippen LogP contribution in [0.3, 0.4) is 0 Å². The van der Waals surface area contributed by atoms with Gasteiger partial charge in [-0.25, -0.2) is 13.4 Å². The Bertz CT molecular complexity index is 569. The Labute approximate surface area is 127 Å². The van der Waals surface area contributed by atoms with E-state index in [1.807, 2.05) is 0 Å². The van der Waals surface area contributed by atoms with Gasteiger partial charge in [0, 0.05) is 23.8 Å². The normalized spacial score (nSPS) is 25.5. The van der Waals surface area contributed by atoms with Crippen LogP contribution in [-0.4, -0.2) is 30.8 Å². The molecule has 0 unspecified atom stereocenters. The van der Waals surface area contributed by atoms with Crippen LogP contribution in [-0.2, 0) is 10.0 Å². The predicted molar refractivity (Wildman–Crippen MR) is 78.7 cm³/mol. The lowest BCUT2D eigenvalue weighted by atomic mass is 9.94. The summed E-state index contributed by atoms with van der Waals surface area (Å²) in [4.78, 5) is 3.96. The standard InChI is InChI=1S/C12H16BrClN2O2S/c1-8-3-9(2)7-16(6-8)19(17,18)11-4-10(13)5-15-12(11)14/h4-5,8-9H,3,6-7H2,1-2H3/t8-,9+. The number of sulfonamides is 1. The minimum absolute atomic E-state index is 0.0223. The first-order chi connectivity index (χ1) is 8.80. The van der Waals surface area contributed by atoms with Crippen molar-refractivity contribution in [1.82, 2.24) is 9.29 Å². The summed E-state index contributed by atoms with van der Waals surface area (Å²) in [5.41, 5.74) is 0. The summed E-state index contributed by atoms with van der Waals surface area (Å²) in [5, 5.41) is 0.0223. The van der Waals surface area contributed by atoms with E-state index in [2.05, 4.69) is 34.8 Å². The molecule has 1 aromatic heterocycles. The average Bonchev–Trinajstić information content (AvgIpc) is 2.31. The van der Waals surface area contributed by atoms with Gasteiger partial charge in [-0.05, 0) is 40.3 Å². The second-order valence-electron chi connectivity index (χ2n) is 5.21. The van der Waals surface area contributed by atoms with Crippen molar-refractivity contribution in [2.75, 3.05) is 13.1 Å². The largest absolute Gasteiger partial charge is 0.246 e. The SMILES string of the molecule is C[C@@H]1C[C@H](C)CN(S(=O)(=O)c2cc(Br)cnc2Cl)C1. The molecule has 2 heterocycles. The zero-order chi connectivity index (χ0) is 14.2. The number of hydrogen-bond acceptors (Lipinski definition) is 3. The molecule has 1 aliphatic rings. The topological polar surface area (TPSA) is 50.3 Å². The monoisotopic (exact) mass is 366 g/mol. The fraction of sp³-hybridized carbons (Fsp3) is 0.583. The van der Waals surface area contributed by atoms with E-state index in [4.69, 9.17) is 11.6 Å². The maximum atomic E-state index is 12.6. The fourth-order valence-corrected chi connectivity index (χ4v) is 5.13. The quantitative estimate of drug-likeness (QED) is 0.754. The Morgan fingerprint density at radius 2 is 1.95 bits per heavy atom. The average molecular weight is 368 g/mol. The van der Waals surface area contributed by atoms with Gasteiger partial charge in [-0.15, -0.1) is 0 Å². The highest BCUT2D eigenvalue weighted by molar-refractivity contribution is 9.10. The molecule has 7 heteroatoms. The van der Waals surface area contributed by atoms with Crippen molar-refractivity contribution in [2.24, 2.45) is 11.8 Å². The third-order valence-electron chi connectivity index (χ3n) is 3.23. The molecule has 0 bridgehead atoms. The maximum Gasteiger partial charge on any atom is 0.246 e. The summed E-state index contributed by atoms with van der Waals surface area (Å²) in [6.45, 7) is 5.21. The molecule has 2 rings (SSSR count). The van der Waals surface area contributed by atoms with Gasteiger partial charge in [-0.2, -0.15) is 4.31 Å². The van der Waals surface area contributed by atoms with Crippen LogP contribution in [0.4, 0.5) is 0 Å². The molecule has 19 heavy (non-hydrogen) atoms. The Kier molecular flexibility index (Phi) is 4.55. The number of halogens is 2. The summed E-state index contributed by atoms with van der Waals surface area (Å²) in [6, 6.07) is 1.51. The van der Waals surface area contributed by atoms with Gasteiger partial charge in [0.15, 0.2) is 0 Å². The van der Waals surface area contributed by atoms with Crippen molar-refractivity contribution in [1.29, 1.82) is 0 Å². The van der Waals surface area contributed by atoms with Gasteiger partial charge >= 0.3 is 0 Å². The van der Waals surface area contributed by atoms with Crippen LogP contribution in [0.5, 0.6) is 0 Å². The third-order valence-corrected chi connectivity index (χ3v) is 5.92. The highest BCUT2D eigenvalue weighted by Gasteiger charge is 2.33. The predicted octanol–water partition coefficient (Wildman–Crippen LogP) is 3.16. The van der Waals surface area contributed by atoms with E-state index >= 15 is 0 Å². The summed E-state index contributed by atoms with van der Waals surface area (Å²) in [5.74, 6) is 0.717. The molecular weight excluding hydrogens is 352 g/mol. The van der Waals surface area contributed by atoms with E-state index in [1.54, 1.807) is 0 Å². The van der Waals surface area contributed by atoms with Crippen molar-refractivity contribution in [3.63, 3.8) is 0 Å². The van der Waals surface area contributed by atoms with Crippen molar-refractivity contribution in [3.05, 3.63) is 21.9 Å². The summed E-state index contributed by atoms with van der Waals surface area (Å²) in [6.07, 6.45) is 2.54. The minimum atomic E-state index is -3.57. The van der Waals surface area contributed by atoms with Crippen molar-refractivity contribution >= 4 is 37.6 Å². The van der Waals surface area contributed by atoms with E-state index in [-0.39, 0.29) is 10.0 Å². The lowest BCUT2D eigenvalue weighted by Crippen LogP contribution is -2.42. The van der Waals surface area contributed by atoms with Gasteiger partial charge in [-0.3, -0.25) is 0 Å². The molecule has 0 spiro atoms. The van der Waals surface area contributed by atoms with Gasteiger partial charge in [-0.1, -0.05) is 25.4 Å². The molecule has 4 nitrogen and oxygen atoms in total. The Balaban J connectivity index is 2.39. The van der Waals surface area contributed by atoms with Crippen LogP contribution in [0.2, 0.25) is 5.15 Å². The highest BCUT2D eigenvalue weighted by atomic mass is 79.9. The van der Waals surface area contributed by atoms with E-state index in [1.165, 1.54) is 16.6 Å².